The molecule has 1 N–H and O–H groups in total. The molecule has 1 atom stereocenters. The monoisotopic (exact) mass is 434 g/mol. The van der Waals surface area contributed by atoms with E-state index in [0.717, 1.165) is 24.1 Å². The molecule has 1 aliphatic heterocycles. The van der Waals surface area contributed by atoms with Crippen molar-refractivity contribution in [1.82, 2.24) is 9.80 Å². The van der Waals surface area contributed by atoms with Crippen LogP contribution in [0.1, 0.15) is 30.5 Å². The summed E-state index contributed by atoms with van der Waals surface area (Å²) in [6.45, 7) is 3.68. The Kier molecular flexibility index (Phi) is 7.84. The number of hydrogen-bond acceptors (Lipinski definition) is 5. The van der Waals surface area contributed by atoms with Gasteiger partial charge in [-0.15, -0.1) is 0 Å². The highest BCUT2D eigenvalue weighted by atomic mass is 16.5. The van der Waals surface area contributed by atoms with Gasteiger partial charge in [-0.2, -0.15) is 0 Å². The highest BCUT2D eigenvalue weighted by Gasteiger charge is 2.42. The second-order valence-corrected chi connectivity index (χ2v) is 7.93. The number of ether oxygens (including phenoxy) is 1. The molecule has 168 valence electrons. The fourth-order valence-electron chi connectivity index (χ4n) is 3.78. The average molecular weight is 435 g/mol. The first-order chi connectivity index (χ1) is 15.4. The minimum atomic E-state index is -0.645. The minimum absolute atomic E-state index is 0.108. The smallest absolute Gasteiger partial charge is 0.290 e. The normalized spacial score (nSPS) is 16.4. The Balaban J connectivity index is 1.93. The standard InChI is InChI=1S/C26H30N2O4/c1-4-32-21-14-12-20(13-15-21)24-23(22(29)16-11-19-9-6-5-7-10-19)25(30)26(31)28(24)18-8-17-27(2)3/h5-7,9-16,24,30H,4,8,17-18H2,1-3H3/b16-11+/t24-/m1/s1. The molecule has 0 unspecified atom stereocenters. The van der Waals surface area contributed by atoms with Crippen LogP contribution in [-0.2, 0) is 9.59 Å². The summed E-state index contributed by atoms with van der Waals surface area (Å²) in [4.78, 5) is 29.7. The third-order valence-corrected chi connectivity index (χ3v) is 5.31. The van der Waals surface area contributed by atoms with Gasteiger partial charge in [0.05, 0.1) is 18.2 Å². The largest absolute Gasteiger partial charge is 0.503 e. The van der Waals surface area contributed by atoms with Crippen LogP contribution >= 0.6 is 0 Å². The van der Waals surface area contributed by atoms with E-state index in [0.29, 0.717) is 18.9 Å². The van der Waals surface area contributed by atoms with Crippen molar-refractivity contribution < 1.29 is 19.4 Å². The minimum Gasteiger partial charge on any atom is -0.503 e. The highest BCUT2D eigenvalue weighted by Crippen LogP contribution is 2.38. The summed E-state index contributed by atoms with van der Waals surface area (Å²) in [6, 6.07) is 16.1. The van der Waals surface area contributed by atoms with Crippen molar-refractivity contribution in [1.29, 1.82) is 0 Å². The van der Waals surface area contributed by atoms with Crippen LogP contribution in [0.5, 0.6) is 5.75 Å². The fraction of sp³-hybridized carbons (Fsp3) is 0.308. The van der Waals surface area contributed by atoms with E-state index >= 15 is 0 Å². The van der Waals surface area contributed by atoms with Gasteiger partial charge in [-0.25, -0.2) is 0 Å². The van der Waals surface area contributed by atoms with E-state index in [-0.39, 0.29) is 11.4 Å². The lowest BCUT2D eigenvalue weighted by atomic mass is 9.95. The Morgan fingerprint density at radius 3 is 2.44 bits per heavy atom. The number of aliphatic hydroxyl groups excluding tert-OH is 1. The zero-order valence-corrected chi connectivity index (χ0v) is 18.8. The maximum Gasteiger partial charge on any atom is 0.290 e. The van der Waals surface area contributed by atoms with Gasteiger partial charge in [-0.05, 0) is 63.3 Å². The molecule has 32 heavy (non-hydrogen) atoms. The van der Waals surface area contributed by atoms with Gasteiger partial charge in [0.1, 0.15) is 5.75 Å². The van der Waals surface area contributed by atoms with Crippen LogP contribution in [0.4, 0.5) is 0 Å². The first kappa shape index (κ1) is 23.3. The number of ketones is 1. The van der Waals surface area contributed by atoms with Gasteiger partial charge >= 0.3 is 0 Å². The molecule has 2 aromatic rings. The van der Waals surface area contributed by atoms with E-state index in [4.69, 9.17) is 4.74 Å². The molecule has 0 radical (unpaired) electrons. The van der Waals surface area contributed by atoms with Crippen molar-refractivity contribution in [3.8, 4) is 5.75 Å². The summed E-state index contributed by atoms with van der Waals surface area (Å²) < 4.78 is 5.52. The second-order valence-electron chi connectivity index (χ2n) is 7.93. The molecule has 0 saturated heterocycles. The molecule has 6 heteroatoms. The van der Waals surface area contributed by atoms with Crippen molar-refractivity contribution in [2.24, 2.45) is 0 Å². The van der Waals surface area contributed by atoms with Crippen LogP contribution in [-0.4, -0.2) is 60.4 Å². The lowest BCUT2D eigenvalue weighted by Crippen LogP contribution is -2.33. The molecule has 1 amide bonds. The molecule has 0 saturated carbocycles. The lowest BCUT2D eigenvalue weighted by Gasteiger charge is -2.27. The Morgan fingerprint density at radius 1 is 1.12 bits per heavy atom. The zero-order chi connectivity index (χ0) is 23.1. The van der Waals surface area contributed by atoms with E-state index < -0.39 is 17.7 Å². The molecule has 1 aliphatic rings. The van der Waals surface area contributed by atoms with E-state index in [9.17, 15) is 14.7 Å². The van der Waals surface area contributed by atoms with Crippen LogP contribution in [0.3, 0.4) is 0 Å². The molecule has 0 bridgehead atoms. The third kappa shape index (κ3) is 5.45. The number of benzene rings is 2. The Bertz CT molecular complexity index is 994. The number of nitrogens with zero attached hydrogens (tertiary/aromatic N) is 2. The highest BCUT2D eigenvalue weighted by molar-refractivity contribution is 6.14. The van der Waals surface area contributed by atoms with Gasteiger partial charge in [0.2, 0.25) is 0 Å². The molecule has 0 fully saturated rings. The summed E-state index contributed by atoms with van der Waals surface area (Å²) >= 11 is 0. The summed E-state index contributed by atoms with van der Waals surface area (Å²) in [6.07, 6.45) is 3.83. The van der Waals surface area contributed by atoms with E-state index in [2.05, 4.69) is 0 Å². The van der Waals surface area contributed by atoms with Crippen LogP contribution in [0.2, 0.25) is 0 Å². The lowest BCUT2D eigenvalue weighted by molar-refractivity contribution is -0.129. The number of allylic oxidation sites excluding steroid dienone is 1. The third-order valence-electron chi connectivity index (χ3n) is 5.31. The number of amides is 1. The number of carbonyl (C=O) groups excluding carboxylic acids is 2. The predicted octanol–water partition coefficient (Wildman–Crippen LogP) is 4.01. The van der Waals surface area contributed by atoms with Crippen LogP contribution in [0.25, 0.3) is 6.08 Å². The first-order valence-electron chi connectivity index (χ1n) is 10.8. The summed E-state index contributed by atoms with van der Waals surface area (Å²) in [5.74, 6) is -0.658. The molecule has 0 aliphatic carbocycles. The van der Waals surface area contributed by atoms with Gasteiger partial charge in [-0.3, -0.25) is 9.59 Å². The number of hydrogen-bond donors (Lipinski definition) is 1. The second kappa shape index (κ2) is 10.8. The van der Waals surface area contributed by atoms with Gasteiger partial charge < -0.3 is 19.6 Å². The fourth-order valence-corrected chi connectivity index (χ4v) is 3.78. The SMILES string of the molecule is CCOc1ccc([C@@H]2C(C(=O)/C=C/c3ccccc3)=C(O)C(=O)N2CCCN(C)C)cc1. The van der Waals surface area contributed by atoms with Crippen molar-refractivity contribution >= 4 is 17.8 Å². The number of aliphatic hydroxyl groups is 1. The Labute approximate surface area is 189 Å². The Morgan fingerprint density at radius 2 is 1.81 bits per heavy atom. The molecule has 6 nitrogen and oxygen atoms in total. The van der Waals surface area contributed by atoms with Gasteiger partial charge in [0.15, 0.2) is 11.5 Å². The van der Waals surface area contributed by atoms with Crippen molar-refractivity contribution in [3.05, 3.63) is 83.1 Å². The first-order valence-corrected chi connectivity index (χ1v) is 10.8. The maximum atomic E-state index is 13.1. The molecule has 0 aromatic heterocycles. The summed E-state index contributed by atoms with van der Waals surface area (Å²) in [5.41, 5.74) is 1.73. The van der Waals surface area contributed by atoms with Gasteiger partial charge in [-0.1, -0.05) is 48.5 Å². The average Bonchev–Trinajstić information content (AvgIpc) is 3.04. The van der Waals surface area contributed by atoms with Crippen LogP contribution in [0.15, 0.2) is 72.0 Å². The Hall–Kier alpha value is -3.38. The maximum absolute atomic E-state index is 13.1. The molecule has 0 spiro atoms. The van der Waals surface area contributed by atoms with E-state index in [1.54, 1.807) is 11.0 Å². The molecular formula is C26H30N2O4. The van der Waals surface area contributed by atoms with E-state index in [1.165, 1.54) is 6.08 Å². The van der Waals surface area contributed by atoms with Gasteiger partial charge in [0.25, 0.3) is 5.91 Å². The summed E-state index contributed by atoms with van der Waals surface area (Å²) in [5, 5.41) is 10.7. The predicted molar refractivity (Wildman–Crippen MR) is 125 cm³/mol. The number of rotatable bonds is 10. The molecule has 2 aromatic carbocycles. The van der Waals surface area contributed by atoms with Crippen molar-refractivity contribution in [2.75, 3.05) is 33.8 Å². The van der Waals surface area contributed by atoms with Crippen molar-refractivity contribution in [2.45, 2.75) is 19.4 Å². The van der Waals surface area contributed by atoms with Crippen LogP contribution in [0, 0.1) is 0 Å². The molecule has 1 heterocycles. The topological polar surface area (TPSA) is 70.1 Å². The van der Waals surface area contributed by atoms with Gasteiger partial charge in [0, 0.05) is 6.54 Å². The quantitative estimate of drug-likeness (QED) is 0.572. The van der Waals surface area contributed by atoms with E-state index in [1.807, 2.05) is 80.5 Å². The summed E-state index contributed by atoms with van der Waals surface area (Å²) in [7, 11) is 3.93. The van der Waals surface area contributed by atoms with Crippen molar-refractivity contribution in [3.63, 3.8) is 0 Å². The zero-order valence-electron chi connectivity index (χ0n) is 18.8. The molecular weight excluding hydrogens is 404 g/mol. The molecule has 3 rings (SSSR count). The number of carbonyl (C=O) groups is 2. The van der Waals surface area contributed by atoms with Crippen LogP contribution < -0.4 is 4.74 Å².